The number of unbranched alkanes of at least 4 members (excludes halogenated alkanes) is 18. The maximum absolute atomic E-state index is 13.1. The predicted molar refractivity (Wildman–Crippen MR) is 250 cm³/mol. The first-order chi connectivity index (χ1) is 31.8. The Morgan fingerprint density at radius 2 is 0.672 bits per heavy atom. The van der Waals surface area contributed by atoms with Gasteiger partial charge in [-0.25, -0.2) is 0 Å². The lowest BCUT2D eigenvalue weighted by Gasteiger charge is -2.25. The lowest BCUT2D eigenvalue weighted by atomic mass is 10.0. The zero-order valence-corrected chi connectivity index (χ0v) is 40.2. The molecule has 0 heterocycles. The molecule has 22 heteroatoms. The van der Waals surface area contributed by atoms with Crippen LogP contribution in [-0.2, 0) is 47.9 Å². The van der Waals surface area contributed by atoms with Crippen molar-refractivity contribution in [1.29, 1.82) is 0 Å². The minimum absolute atomic E-state index is 0.0639. The number of primary amides is 1. The molecule has 0 aromatic carbocycles. The van der Waals surface area contributed by atoms with Crippen molar-refractivity contribution >= 4 is 59.2 Å². The van der Waals surface area contributed by atoms with Crippen molar-refractivity contribution in [1.82, 2.24) is 37.2 Å². The van der Waals surface area contributed by atoms with Crippen LogP contribution >= 0.6 is 0 Å². The lowest BCUT2D eigenvalue weighted by molar-refractivity contribution is -0.141. The fraction of sp³-hybridized carbons (Fsp3) is 0.778. The van der Waals surface area contributed by atoms with Gasteiger partial charge in [0.25, 0.3) is 0 Å². The van der Waals surface area contributed by atoms with E-state index in [4.69, 9.17) is 17.2 Å². The van der Waals surface area contributed by atoms with Gasteiger partial charge in [-0.3, -0.25) is 47.9 Å². The maximum Gasteiger partial charge on any atom is 0.305 e. The minimum atomic E-state index is -1.78. The third-order valence-electron chi connectivity index (χ3n) is 11.1. The highest BCUT2D eigenvalue weighted by molar-refractivity contribution is 5.98. The molecule has 384 valence electrons. The first-order valence-electron chi connectivity index (χ1n) is 24.0. The fourth-order valence-corrected chi connectivity index (χ4v) is 6.90. The summed E-state index contributed by atoms with van der Waals surface area (Å²) in [6, 6.07) is -10.0. The second-order valence-corrected chi connectivity index (χ2v) is 17.2. The van der Waals surface area contributed by atoms with Gasteiger partial charge in [0.2, 0.25) is 47.3 Å². The highest BCUT2D eigenvalue weighted by Crippen LogP contribution is 2.15. The molecule has 0 unspecified atom stereocenters. The van der Waals surface area contributed by atoms with E-state index in [1.807, 2.05) is 0 Å². The Labute approximate surface area is 395 Å². The SMILES string of the molecule is CCCCCCCCCCCCCCCCCCCCCC(=O)N[C@@H](CC(=O)O)C(=O)N[C@@H](C)C(=O)N[C@@H](CC(=O)O)C(=O)N[C@@H](C)C(=O)N[C@@H](CN)C(=O)N[C@@H](C)C(=O)N[C@@H](CN)C(N)=O. The Kier molecular flexibility index (Phi) is 33.8. The zero-order chi connectivity index (χ0) is 50.7. The molecule has 67 heavy (non-hydrogen) atoms. The van der Waals surface area contributed by atoms with Crippen LogP contribution in [0.4, 0.5) is 0 Å². The molecule has 0 saturated carbocycles. The van der Waals surface area contributed by atoms with Crippen molar-refractivity contribution in [3.05, 3.63) is 0 Å². The van der Waals surface area contributed by atoms with Crippen molar-refractivity contribution in [3.63, 3.8) is 0 Å². The number of carboxylic acid groups (broad SMARTS) is 2. The van der Waals surface area contributed by atoms with Gasteiger partial charge in [-0.05, 0) is 27.2 Å². The molecule has 0 aromatic heterocycles. The number of rotatable bonds is 40. The number of carbonyl (C=O) groups is 10. The fourth-order valence-electron chi connectivity index (χ4n) is 6.90. The van der Waals surface area contributed by atoms with E-state index in [1.54, 1.807) is 0 Å². The number of hydrogen-bond acceptors (Lipinski definition) is 12. The van der Waals surface area contributed by atoms with E-state index < -0.39 is 121 Å². The van der Waals surface area contributed by atoms with E-state index in [1.165, 1.54) is 111 Å². The van der Waals surface area contributed by atoms with Gasteiger partial charge in [0, 0.05) is 19.5 Å². The molecular formula is C45H82N10O12. The summed E-state index contributed by atoms with van der Waals surface area (Å²) in [6.07, 6.45) is 21.1. The molecule has 0 rings (SSSR count). The van der Waals surface area contributed by atoms with Crippen LogP contribution in [0.15, 0.2) is 0 Å². The highest BCUT2D eigenvalue weighted by atomic mass is 16.4. The normalized spacial score (nSPS) is 14.1. The van der Waals surface area contributed by atoms with Crippen molar-refractivity contribution in [2.24, 2.45) is 17.2 Å². The average Bonchev–Trinajstić information content (AvgIpc) is 3.26. The van der Waals surface area contributed by atoms with Gasteiger partial charge in [0.15, 0.2) is 0 Å². The number of carbonyl (C=O) groups excluding carboxylic acids is 8. The summed E-state index contributed by atoms with van der Waals surface area (Å²) >= 11 is 0. The molecule has 8 amide bonds. The van der Waals surface area contributed by atoms with Crippen LogP contribution < -0.4 is 54.4 Å². The second kappa shape index (κ2) is 36.7. The first-order valence-corrected chi connectivity index (χ1v) is 24.0. The third-order valence-corrected chi connectivity index (χ3v) is 11.1. The molecule has 0 radical (unpaired) electrons. The molecule has 22 nitrogen and oxygen atoms in total. The van der Waals surface area contributed by atoms with Crippen molar-refractivity contribution < 1.29 is 58.2 Å². The summed E-state index contributed by atoms with van der Waals surface area (Å²) in [6.45, 7) is 5.14. The molecule has 0 aliphatic rings. The summed E-state index contributed by atoms with van der Waals surface area (Å²) in [7, 11) is 0. The van der Waals surface area contributed by atoms with Gasteiger partial charge in [-0.2, -0.15) is 0 Å². The molecule has 0 saturated heterocycles. The molecule has 0 fully saturated rings. The molecule has 0 bridgehead atoms. The van der Waals surface area contributed by atoms with Crippen LogP contribution in [0, 0.1) is 0 Å². The Hall–Kier alpha value is -5.38. The van der Waals surface area contributed by atoms with Crippen LogP contribution in [0.2, 0.25) is 0 Å². The second-order valence-electron chi connectivity index (χ2n) is 17.2. The monoisotopic (exact) mass is 955 g/mol. The largest absolute Gasteiger partial charge is 0.481 e. The van der Waals surface area contributed by atoms with Crippen molar-refractivity contribution in [2.75, 3.05) is 13.1 Å². The summed E-state index contributed by atoms with van der Waals surface area (Å²) in [5.74, 6) is -10.2. The van der Waals surface area contributed by atoms with E-state index >= 15 is 0 Å². The maximum atomic E-state index is 13.1. The molecule has 0 spiro atoms. The third kappa shape index (κ3) is 29.8. The highest BCUT2D eigenvalue weighted by Gasteiger charge is 2.32. The molecular weight excluding hydrogens is 873 g/mol. The summed E-state index contributed by atoms with van der Waals surface area (Å²) in [5, 5.41) is 34.8. The van der Waals surface area contributed by atoms with Crippen molar-refractivity contribution in [2.45, 2.75) is 211 Å². The molecule has 0 aromatic rings. The first kappa shape index (κ1) is 61.6. The quantitative estimate of drug-likeness (QED) is 0.0375. The van der Waals surface area contributed by atoms with Gasteiger partial charge in [-0.15, -0.1) is 0 Å². The molecule has 0 aliphatic carbocycles. The van der Waals surface area contributed by atoms with Gasteiger partial charge in [0.1, 0.15) is 42.3 Å². The molecule has 0 aliphatic heterocycles. The number of aliphatic carboxylic acids is 2. The van der Waals surface area contributed by atoms with Crippen LogP contribution in [0.5, 0.6) is 0 Å². The number of carboxylic acids is 2. The van der Waals surface area contributed by atoms with Gasteiger partial charge < -0.3 is 64.6 Å². The number of nitrogens with one attached hydrogen (secondary N) is 7. The van der Waals surface area contributed by atoms with E-state index in [2.05, 4.69) is 44.1 Å². The summed E-state index contributed by atoms with van der Waals surface area (Å²) in [5.41, 5.74) is 16.2. The minimum Gasteiger partial charge on any atom is -0.481 e. The Bertz CT molecular complexity index is 1570. The number of nitrogens with two attached hydrogens (primary N) is 3. The average molecular weight is 955 g/mol. The van der Waals surface area contributed by atoms with Gasteiger partial charge >= 0.3 is 11.9 Å². The molecule has 15 N–H and O–H groups in total. The van der Waals surface area contributed by atoms with Gasteiger partial charge in [-0.1, -0.05) is 122 Å². The summed E-state index contributed by atoms with van der Waals surface area (Å²) < 4.78 is 0. The Morgan fingerprint density at radius 3 is 0.985 bits per heavy atom. The van der Waals surface area contributed by atoms with E-state index in [0.29, 0.717) is 6.42 Å². The Balaban J connectivity index is 4.89. The Morgan fingerprint density at radius 1 is 0.388 bits per heavy atom. The van der Waals surface area contributed by atoms with E-state index in [9.17, 15) is 58.2 Å². The van der Waals surface area contributed by atoms with Crippen LogP contribution in [0.25, 0.3) is 0 Å². The van der Waals surface area contributed by atoms with Crippen LogP contribution in [-0.4, -0.2) is 125 Å². The number of amides is 8. The van der Waals surface area contributed by atoms with E-state index in [0.717, 1.165) is 25.7 Å². The van der Waals surface area contributed by atoms with Crippen LogP contribution in [0.1, 0.15) is 169 Å². The smallest absolute Gasteiger partial charge is 0.305 e. The summed E-state index contributed by atoms with van der Waals surface area (Å²) in [4.78, 5) is 125. The standard InChI is InChI=1S/C45H82N10O12/c1-5-6-7-8-9-10-11-12-13-14-15-16-17-18-19-20-21-22-23-24-36(56)52-32(25-37(57)58)43(65)49-29(2)40(62)53-33(26-38(59)60)44(66)50-31(4)42(64)55-35(28-47)45(67)51-30(3)41(63)54-34(27-46)39(48)61/h29-35H,5-28,46-47H2,1-4H3,(H2,48,61)(H,49,65)(H,50,66)(H,51,67)(H,52,56)(H,53,62)(H,54,63)(H,55,64)(H,57,58)(H,59,60)/t29-,30-,31-,32-,33-,34-,35-/m0/s1. The predicted octanol–water partition coefficient (Wildman–Crippen LogP) is 0.614. The zero-order valence-electron chi connectivity index (χ0n) is 40.2. The molecule has 7 atom stereocenters. The van der Waals surface area contributed by atoms with Crippen LogP contribution in [0.3, 0.4) is 0 Å². The van der Waals surface area contributed by atoms with E-state index in [-0.39, 0.29) is 13.0 Å². The number of hydrogen-bond donors (Lipinski definition) is 12. The van der Waals surface area contributed by atoms with Gasteiger partial charge in [0.05, 0.1) is 12.8 Å². The van der Waals surface area contributed by atoms with Crippen molar-refractivity contribution in [3.8, 4) is 0 Å². The lowest BCUT2D eigenvalue weighted by Crippen LogP contribution is -2.60. The topological polar surface area (TPSA) is 373 Å².